The van der Waals surface area contributed by atoms with Crippen molar-refractivity contribution >= 4 is 21.7 Å². The highest BCUT2D eigenvalue weighted by atomic mass is 32.2. The predicted octanol–water partition coefficient (Wildman–Crippen LogP) is 1.74. The van der Waals surface area contributed by atoms with E-state index in [1.807, 2.05) is 0 Å². The summed E-state index contributed by atoms with van der Waals surface area (Å²) in [6.07, 6.45) is -1.35. The molecule has 1 saturated carbocycles. The van der Waals surface area contributed by atoms with E-state index in [4.69, 9.17) is 4.74 Å². The van der Waals surface area contributed by atoms with Gasteiger partial charge in [0.1, 0.15) is 11.9 Å². The predicted molar refractivity (Wildman–Crippen MR) is 107 cm³/mol. The number of para-hydroxylation sites is 1. The van der Waals surface area contributed by atoms with Crippen LogP contribution in [0.25, 0.3) is 0 Å². The van der Waals surface area contributed by atoms with Crippen LogP contribution < -0.4 is 9.46 Å². The van der Waals surface area contributed by atoms with Gasteiger partial charge >= 0.3 is 5.97 Å². The summed E-state index contributed by atoms with van der Waals surface area (Å²) in [6, 6.07) is 8.63. The minimum absolute atomic E-state index is 0.166. The Hall–Kier alpha value is -3.02. The Labute approximate surface area is 177 Å². The Morgan fingerprint density at radius 1 is 1.26 bits per heavy atom. The minimum atomic E-state index is -4.08. The van der Waals surface area contributed by atoms with E-state index in [2.05, 4.69) is 4.72 Å². The molecule has 2 aromatic carbocycles. The van der Waals surface area contributed by atoms with Gasteiger partial charge in [-0.1, -0.05) is 18.2 Å². The fourth-order valence-electron chi connectivity index (χ4n) is 4.26. The monoisotopic (exact) mass is 448 g/mol. The lowest BCUT2D eigenvalue weighted by atomic mass is 9.90. The van der Waals surface area contributed by atoms with E-state index in [0.29, 0.717) is 16.9 Å². The number of nitro groups is 1. The second-order valence-corrected chi connectivity index (χ2v) is 9.42. The average Bonchev–Trinajstić information content (AvgIpc) is 3.22. The Morgan fingerprint density at radius 3 is 2.55 bits per heavy atom. The zero-order chi connectivity index (χ0) is 22.5. The maximum Gasteiger partial charge on any atom is 0.310 e. The number of carboxylic acids is 1. The molecule has 0 radical (unpaired) electrons. The number of nitrogens with zero attached hydrogens (tertiary/aromatic N) is 1. The van der Waals surface area contributed by atoms with Crippen molar-refractivity contribution in [1.82, 2.24) is 4.72 Å². The number of nitro benzene ring substituents is 1. The highest BCUT2D eigenvalue weighted by Gasteiger charge is 2.51. The summed E-state index contributed by atoms with van der Waals surface area (Å²) >= 11 is 0. The van der Waals surface area contributed by atoms with Gasteiger partial charge in [0.05, 0.1) is 27.9 Å². The van der Waals surface area contributed by atoms with Gasteiger partial charge in [-0.25, -0.2) is 13.1 Å². The fourth-order valence-corrected chi connectivity index (χ4v) is 5.55. The number of sulfonamides is 1. The molecule has 5 unspecified atom stereocenters. The number of carboxylic acid groups (broad SMARTS) is 1. The van der Waals surface area contributed by atoms with Gasteiger partial charge in [0.25, 0.3) is 5.69 Å². The molecule has 0 spiro atoms. The van der Waals surface area contributed by atoms with E-state index in [-0.39, 0.29) is 17.0 Å². The first kappa shape index (κ1) is 21.2. The Balaban J connectivity index is 1.65. The third-order valence-corrected chi connectivity index (χ3v) is 7.34. The maximum absolute atomic E-state index is 12.9. The number of aliphatic hydroxyl groups is 1. The molecule has 0 aromatic heterocycles. The molecular formula is C20H20N2O8S. The van der Waals surface area contributed by atoms with E-state index >= 15 is 0 Å². The average molecular weight is 448 g/mol. The number of aliphatic carboxylic acids is 1. The summed E-state index contributed by atoms with van der Waals surface area (Å²) in [6.45, 7) is 1.54. The van der Waals surface area contributed by atoms with Crippen molar-refractivity contribution in [2.24, 2.45) is 0 Å². The van der Waals surface area contributed by atoms with Gasteiger partial charge in [0, 0.05) is 35.6 Å². The van der Waals surface area contributed by atoms with Crippen molar-refractivity contribution in [3.05, 3.63) is 63.7 Å². The van der Waals surface area contributed by atoms with Crippen molar-refractivity contribution in [3.8, 4) is 5.75 Å². The van der Waals surface area contributed by atoms with Crippen LogP contribution in [0, 0.1) is 10.1 Å². The fraction of sp³-hybridized carbons (Fsp3) is 0.350. The number of nitrogens with one attached hydrogen (secondary N) is 1. The van der Waals surface area contributed by atoms with Crippen LogP contribution in [0.1, 0.15) is 36.3 Å². The van der Waals surface area contributed by atoms with Crippen LogP contribution in [-0.4, -0.2) is 47.8 Å². The number of non-ortho nitro benzene ring substituents is 1. The number of carbonyl (C=O) groups is 1. The normalized spacial score (nSPS) is 25.4. The zero-order valence-electron chi connectivity index (χ0n) is 16.3. The molecule has 1 aliphatic carbocycles. The quantitative estimate of drug-likeness (QED) is 0.446. The van der Waals surface area contributed by atoms with Crippen LogP contribution in [0.2, 0.25) is 0 Å². The lowest BCUT2D eigenvalue weighted by Gasteiger charge is -2.22. The first-order chi connectivity index (χ1) is 14.6. The second kappa shape index (κ2) is 7.59. The van der Waals surface area contributed by atoms with Gasteiger partial charge in [-0.05, 0) is 19.1 Å². The minimum Gasteiger partial charge on any atom is -0.489 e. The van der Waals surface area contributed by atoms with Gasteiger partial charge in [-0.2, -0.15) is 0 Å². The van der Waals surface area contributed by atoms with Crippen LogP contribution in [0.3, 0.4) is 0 Å². The summed E-state index contributed by atoms with van der Waals surface area (Å²) in [7, 11) is -4.08. The maximum atomic E-state index is 12.9. The van der Waals surface area contributed by atoms with Gasteiger partial charge in [-0.3, -0.25) is 14.9 Å². The number of rotatable bonds is 6. The van der Waals surface area contributed by atoms with E-state index in [1.54, 1.807) is 25.1 Å². The van der Waals surface area contributed by atoms with Crippen LogP contribution in [-0.2, 0) is 14.8 Å². The molecule has 31 heavy (non-hydrogen) atoms. The van der Waals surface area contributed by atoms with E-state index < -0.39 is 51.0 Å². The SMILES string of the molecule is CC(C(=O)O)c1cccc2c1OC1CC(O)C(NS(=O)(=O)c3ccc([N+](=O)[O-])cc3)C21. The molecule has 0 bridgehead atoms. The smallest absolute Gasteiger partial charge is 0.310 e. The molecule has 164 valence electrons. The zero-order valence-corrected chi connectivity index (χ0v) is 17.2. The third-order valence-electron chi connectivity index (χ3n) is 5.87. The van der Waals surface area contributed by atoms with E-state index in [1.165, 1.54) is 0 Å². The molecule has 5 atom stereocenters. The van der Waals surface area contributed by atoms with Crippen LogP contribution in [0.5, 0.6) is 5.75 Å². The van der Waals surface area contributed by atoms with Crippen molar-refractivity contribution in [3.63, 3.8) is 0 Å². The van der Waals surface area contributed by atoms with Crippen LogP contribution in [0.4, 0.5) is 5.69 Å². The number of ether oxygens (including phenoxy) is 1. The molecule has 10 nitrogen and oxygen atoms in total. The van der Waals surface area contributed by atoms with Crippen LogP contribution in [0.15, 0.2) is 47.4 Å². The lowest BCUT2D eigenvalue weighted by Crippen LogP contribution is -2.43. The number of benzene rings is 2. The number of hydrogen-bond acceptors (Lipinski definition) is 7. The summed E-state index contributed by atoms with van der Waals surface area (Å²) < 4.78 is 34.2. The van der Waals surface area contributed by atoms with Gasteiger partial charge in [0.15, 0.2) is 0 Å². The number of aliphatic hydroxyl groups excluding tert-OH is 1. The largest absolute Gasteiger partial charge is 0.489 e. The Bertz CT molecular complexity index is 1150. The number of hydrogen-bond donors (Lipinski definition) is 3. The Kier molecular flexibility index (Phi) is 5.20. The molecule has 2 aromatic rings. The molecule has 2 aliphatic rings. The number of fused-ring (bicyclic) bond motifs is 3. The second-order valence-electron chi connectivity index (χ2n) is 7.71. The molecule has 1 aliphatic heterocycles. The van der Waals surface area contributed by atoms with Crippen molar-refractivity contribution in [2.45, 2.75) is 48.3 Å². The van der Waals surface area contributed by atoms with Crippen molar-refractivity contribution < 1.29 is 33.1 Å². The summed E-state index contributed by atoms with van der Waals surface area (Å²) in [5.74, 6) is -1.91. The van der Waals surface area contributed by atoms with Gasteiger partial charge in [0.2, 0.25) is 10.0 Å². The van der Waals surface area contributed by atoms with E-state index in [0.717, 1.165) is 24.3 Å². The molecule has 4 rings (SSSR count). The Morgan fingerprint density at radius 2 is 1.94 bits per heavy atom. The molecular weight excluding hydrogens is 428 g/mol. The first-order valence-corrected chi connectivity index (χ1v) is 11.1. The molecule has 1 fully saturated rings. The molecule has 1 heterocycles. The summed E-state index contributed by atoms with van der Waals surface area (Å²) in [5.41, 5.74) is 0.896. The molecule has 11 heteroatoms. The lowest BCUT2D eigenvalue weighted by molar-refractivity contribution is -0.384. The first-order valence-electron chi connectivity index (χ1n) is 9.57. The highest BCUT2D eigenvalue weighted by molar-refractivity contribution is 7.89. The summed E-state index contributed by atoms with van der Waals surface area (Å²) in [5, 5.41) is 30.7. The van der Waals surface area contributed by atoms with Gasteiger partial charge in [-0.15, -0.1) is 0 Å². The topological polar surface area (TPSA) is 156 Å². The molecule has 0 saturated heterocycles. The highest BCUT2D eigenvalue weighted by Crippen LogP contribution is 2.50. The molecule has 0 amide bonds. The molecule has 3 N–H and O–H groups in total. The van der Waals surface area contributed by atoms with Gasteiger partial charge < -0.3 is 14.9 Å². The van der Waals surface area contributed by atoms with Crippen molar-refractivity contribution in [1.29, 1.82) is 0 Å². The summed E-state index contributed by atoms with van der Waals surface area (Å²) in [4.78, 5) is 21.5. The van der Waals surface area contributed by atoms with Crippen molar-refractivity contribution in [2.75, 3.05) is 0 Å². The standard InChI is InChI=1S/C20H20N2O8S/c1-10(20(24)25)13-3-2-4-14-17-16(30-19(13)14)9-15(23)18(17)21-31(28,29)12-7-5-11(6-8-12)22(26)27/h2-8,10,15-18,21,23H,9H2,1H3,(H,24,25). The third kappa shape index (κ3) is 3.64. The van der Waals surface area contributed by atoms with Crippen LogP contribution >= 0.6 is 0 Å². The van der Waals surface area contributed by atoms with E-state index in [9.17, 15) is 33.5 Å².